The fourth-order valence-electron chi connectivity index (χ4n) is 2.00. The predicted octanol–water partition coefficient (Wildman–Crippen LogP) is 4.47. The number of benzene rings is 1. The van der Waals surface area contributed by atoms with Crippen molar-refractivity contribution in [2.75, 3.05) is 6.54 Å². The summed E-state index contributed by atoms with van der Waals surface area (Å²) in [5.41, 5.74) is 1.25. The lowest BCUT2D eigenvalue weighted by atomic mass is 10.1. The van der Waals surface area contributed by atoms with Crippen LogP contribution in [0.3, 0.4) is 0 Å². The Bertz CT molecular complexity index is 369. The van der Waals surface area contributed by atoms with Crippen LogP contribution < -0.4 is 5.32 Å². The number of hydrogen-bond donors (Lipinski definition) is 1. The Morgan fingerprint density at radius 2 is 1.65 bits per heavy atom. The first-order chi connectivity index (χ1) is 9.24. The van der Waals surface area contributed by atoms with Crippen LogP contribution in [0.4, 0.5) is 5.69 Å². The van der Waals surface area contributed by atoms with Crippen LogP contribution in [0, 0.1) is 10.1 Å². The Morgan fingerprint density at radius 1 is 1.05 bits per heavy atom. The molecule has 1 rings (SSSR count). The fraction of sp³-hybridized carbons (Fsp3) is 0.600. The lowest BCUT2D eigenvalue weighted by molar-refractivity contribution is -0.384. The van der Waals surface area contributed by atoms with Crippen molar-refractivity contribution < 1.29 is 4.92 Å². The van der Waals surface area contributed by atoms with Gasteiger partial charge < -0.3 is 5.32 Å². The minimum Gasteiger partial charge on any atom is -0.313 e. The van der Waals surface area contributed by atoms with Crippen LogP contribution in [0.5, 0.6) is 0 Å². The molecule has 0 aliphatic rings. The van der Waals surface area contributed by atoms with Gasteiger partial charge in [0.15, 0.2) is 0 Å². The Morgan fingerprint density at radius 3 is 2.25 bits per heavy atom. The van der Waals surface area contributed by atoms with Gasteiger partial charge in [-0.05, 0) is 18.5 Å². The molecule has 20 heavy (non-hydrogen) atoms. The first kappa shape index (κ1) is 18.9. The number of nitrogens with zero attached hydrogens (tertiary/aromatic N) is 1. The van der Waals surface area contributed by atoms with E-state index in [-0.39, 0.29) is 23.0 Å². The van der Waals surface area contributed by atoms with Gasteiger partial charge >= 0.3 is 0 Å². The van der Waals surface area contributed by atoms with Crippen molar-refractivity contribution in [3.05, 3.63) is 39.9 Å². The van der Waals surface area contributed by atoms with Crippen molar-refractivity contribution in [3.8, 4) is 0 Å². The third-order valence-electron chi connectivity index (χ3n) is 3.18. The Kier molecular flexibility index (Phi) is 11.0. The molecule has 0 atom stereocenters. The van der Waals surface area contributed by atoms with Gasteiger partial charge in [-0.2, -0.15) is 0 Å². The van der Waals surface area contributed by atoms with E-state index >= 15 is 0 Å². The van der Waals surface area contributed by atoms with E-state index in [1.165, 1.54) is 38.5 Å². The number of unbranched alkanes of at least 4 members (excludes halogenated alkanes) is 5. The molecule has 0 heterocycles. The summed E-state index contributed by atoms with van der Waals surface area (Å²) >= 11 is 0. The summed E-state index contributed by atoms with van der Waals surface area (Å²) in [6.45, 7) is 4.03. The molecule has 0 saturated heterocycles. The monoisotopic (exact) mass is 300 g/mol. The highest BCUT2D eigenvalue weighted by atomic mass is 35.5. The second-order valence-electron chi connectivity index (χ2n) is 4.87. The Labute approximate surface area is 127 Å². The highest BCUT2D eigenvalue weighted by Gasteiger charge is 2.03. The van der Waals surface area contributed by atoms with Crippen LogP contribution in [0.1, 0.15) is 51.0 Å². The minimum atomic E-state index is -0.368. The van der Waals surface area contributed by atoms with Crippen molar-refractivity contribution in [3.63, 3.8) is 0 Å². The molecule has 0 radical (unpaired) electrons. The summed E-state index contributed by atoms with van der Waals surface area (Å²) in [6, 6.07) is 6.74. The average Bonchev–Trinajstić information content (AvgIpc) is 2.42. The van der Waals surface area contributed by atoms with Gasteiger partial charge in [-0.3, -0.25) is 10.1 Å². The van der Waals surface area contributed by atoms with E-state index in [1.807, 2.05) is 12.1 Å². The minimum absolute atomic E-state index is 0. The van der Waals surface area contributed by atoms with Crippen molar-refractivity contribution >= 4 is 18.1 Å². The zero-order chi connectivity index (χ0) is 13.9. The molecule has 1 aromatic carbocycles. The Hall–Kier alpha value is -1.13. The molecule has 114 valence electrons. The molecule has 0 unspecified atom stereocenters. The second-order valence-corrected chi connectivity index (χ2v) is 4.87. The molecule has 1 aromatic rings. The van der Waals surface area contributed by atoms with E-state index in [4.69, 9.17) is 0 Å². The molecule has 0 aromatic heterocycles. The molecular weight excluding hydrogens is 276 g/mol. The smallest absolute Gasteiger partial charge is 0.269 e. The molecule has 0 aliphatic heterocycles. The number of hydrogen-bond acceptors (Lipinski definition) is 3. The predicted molar refractivity (Wildman–Crippen MR) is 85.4 cm³/mol. The molecule has 0 saturated carbocycles. The molecule has 0 amide bonds. The van der Waals surface area contributed by atoms with E-state index < -0.39 is 0 Å². The van der Waals surface area contributed by atoms with E-state index in [1.54, 1.807) is 12.1 Å². The summed E-state index contributed by atoms with van der Waals surface area (Å²) in [6.07, 6.45) is 7.80. The lowest BCUT2D eigenvalue weighted by Gasteiger charge is -2.05. The van der Waals surface area contributed by atoms with Gasteiger partial charge in [0.1, 0.15) is 0 Å². The molecule has 0 aliphatic carbocycles. The maximum atomic E-state index is 10.5. The van der Waals surface area contributed by atoms with Crippen molar-refractivity contribution in [1.82, 2.24) is 5.32 Å². The van der Waals surface area contributed by atoms with Crippen LogP contribution >= 0.6 is 12.4 Å². The summed E-state index contributed by atoms with van der Waals surface area (Å²) in [4.78, 5) is 10.1. The van der Waals surface area contributed by atoms with Crippen molar-refractivity contribution in [1.29, 1.82) is 0 Å². The van der Waals surface area contributed by atoms with Gasteiger partial charge in [0.05, 0.1) is 4.92 Å². The molecular formula is C15H25ClN2O2. The molecule has 1 N–H and O–H groups in total. The van der Waals surface area contributed by atoms with Gasteiger partial charge in [-0.25, -0.2) is 0 Å². The second kappa shape index (κ2) is 11.7. The fourth-order valence-corrected chi connectivity index (χ4v) is 2.00. The van der Waals surface area contributed by atoms with E-state index in [0.717, 1.165) is 18.7 Å². The maximum absolute atomic E-state index is 10.5. The van der Waals surface area contributed by atoms with Crippen LogP contribution in [-0.2, 0) is 6.54 Å². The lowest BCUT2D eigenvalue weighted by Crippen LogP contribution is -2.14. The summed E-state index contributed by atoms with van der Waals surface area (Å²) in [5, 5.41) is 13.9. The largest absolute Gasteiger partial charge is 0.313 e. The van der Waals surface area contributed by atoms with E-state index in [0.29, 0.717) is 0 Å². The standard InChI is InChI=1S/C15H24N2O2.ClH/c1-2-3-4-5-6-7-12-16-13-14-8-10-15(11-9-14)17(18)19;/h8-11,16H,2-7,12-13H2,1H3;1H. The number of non-ortho nitro benzene ring substituents is 1. The quantitative estimate of drug-likeness (QED) is 0.394. The summed E-state index contributed by atoms with van der Waals surface area (Å²) in [7, 11) is 0. The van der Waals surface area contributed by atoms with E-state index in [9.17, 15) is 10.1 Å². The van der Waals surface area contributed by atoms with Crippen molar-refractivity contribution in [2.45, 2.75) is 52.0 Å². The Balaban J connectivity index is 0.00000361. The molecule has 5 heteroatoms. The van der Waals surface area contributed by atoms with Gasteiger partial charge in [0.2, 0.25) is 0 Å². The number of rotatable bonds is 10. The maximum Gasteiger partial charge on any atom is 0.269 e. The number of halogens is 1. The number of nitrogens with one attached hydrogen (secondary N) is 1. The van der Waals surface area contributed by atoms with Crippen LogP contribution in [-0.4, -0.2) is 11.5 Å². The van der Waals surface area contributed by atoms with Gasteiger partial charge in [-0.1, -0.05) is 51.2 Å². The number of nitro groups is 1. The normalized spacial score (nSPS) is 10.1. The van der Waals surface area contributed by atoms with Crippen LogP contribution in [0.25, 0.3) is 0 Å². The van der Waals surface area contributed by atoms with Crippen LogP contribution in [0.2, 0.25) is 0 Å². The SMILES string of the molecule is CCCCCCCCNCc1ccc([N+](=O)[O-])cc1.Cl. The third kappa shape index (κ3) is 8.12. The highest BCUT2D eigenvalue weighted by molar-refractivity contribution is 5.85. The summed E-state index contributed by atoms with van der Waals surface area (Å²) in [5.74, 6) is 0. The zero-order valence-corrected chi connectivity index (χ0v) is 13.0. The topological polar surface area (TPSA) is 55.2 Å². The summed E-state index contributed by atoms with van der Waals surface area (Å²) < 4.78 is 0. The molecule has 0 bridgehead atoms. The molecule has 4 nitrogen and oxygen atoms in total. The highest BCUT2D eigenvalue weighted by Crippen LogP contribution is 2.11. The van der Waals surface area contributed by atoms with Gasteiger partial charge in [-0.15, -0.1) is 12.4 Å². The van der Waals surface area contributed by atoms with Crippen molar-refractivity contribution in [2.24, 2.45) is 0 Å². The van der Waals surface area contributed by atoms with Gasteiger partial charge in [0, 0.05) is 18.7 Å². The van der Waals surface area contributed by atoms with E-state index in [2.05, 4.69) is 12.2 Å². The average molecular weight is 301 g/mol. The first-order valence-corrected chi connectivity index (χ1v) is 7.18. The number of nitro benzene ring substituents is 1. The molecule has 0 spiro atoms. The third-order valence-corrected chi connectivity index (χ3v) is 3.18. The molecule has 0 fully saturated rings. The first-order valence-electron chi connectivity index (χ1n) is 7.18. The zero-order valence-electron chi connectivity index (χ0n) is 12.1. The van der Waals surface area contributed by atoms with Crippen LogP contribution in [0.15, 0.2) is 24.3 Å². The van der Waals surface area contributed by atoms with Gasteiger partial charge in [0.25, 0.3) is 5.69 Å².